The van der Waals surface area contributed by atoms with Gasteiger partial charge in [0.2, 0.25) is 0 Å². The van der Waals surface area contributed by atoms with E-state index in [4.69, 9.17) is 5.73 Å². The van der Waals surface area contributed by atoms with Gasteiger partial charge in [-0.3, -0.25) is 0 Å². The molecule has 0 radical (unpaired) electrons. The van der Waals surface area contributed by atoms with Crippen LogP contribution >= 0.6 is 11.8 Å². The highest BCUT2D eigenvalue weighted by Gasteiger charge is 2.29. The standard InChI is InChI=1S/C12H14F3NS/c13-12(14,15)11-5-3-10(4-6-11)2-1-8-17-9-7-16/h1-6H,7-9,16H2/b2-1+. The largest absolute Gasteiger partial charge is 0.416 e. The van der Waals surface area contributed by atoms with Crippen LogP contribution in [0.15, 0.2) is 30.3 Å². The van der Waals surface area contributed by atoms with Crippen molar-refractivity contribution < 1.29 is 13.2 Å². The third-order valence-electron chi connectivity index (χ3n) is 2.02. The average molecular weight is 261 g/mol. The van der Waals surface area contributed by atoms with Crippen LogP contribution in [0.1, 0.15) is 11.1 Å². The number of hydrogen-bond acceptors (Lipinski definition) is 2. The molecular formula is C12H14F3NS. The van der Waals surface area contributed by atoms with Crippen molar-refractivity contribution in [2.75, 3.05) is 18.1 Å². The molecule has 1 rings (SSSR count). The fraction of sp³-hybridized carbons (Fsp3) is 0.333. The highest BCUT2D eigenvalue weighted by Crippen LogP contribution is 2.29. The SMILES string of the molecule is NCCSC/C=C/c1ccc(C(F)(F)F)cc1. The molecular weight excluding hydrogens is 247 g/mol. The third kappa shape index (κ3) is 5.28. The molecule has 1 aromatic carbocycles. The van der Waals surface area contributed by atoms with Gasteiger partial charge in [-0.25, -0.2) is 0 Å². The van der Waals surface area contributed by atoms with Crippen LogP contribution in [0, 0.1) is 0 Å². The third-order valence-corrected chi connectivity index (χ3v) is 2.98. The molecule has 0 atom stereocenters. The molecule has 0 spiro atoms. The van der Waals surface area contributed by atoms with Crippen LogP contribution in [0.2, 0.25) is 0 Å². The first-order chi connectivity index (χ1) is 8.04. The van der Waals surface area contributed by atoms with Crippen LogP contribution in [-0.4, -0.2) is 18.1 Å². The molecule has 0 aliphatic carbocycles. The minimum absolute atomic E-state index is 0.618. The summed E-state index contributed by atoms with van der Waals surface area (Å²) in [7, 11) is 0. The van der Waals surface area contributed by atoms with Gasteiger partial charge in [-0.1, -0.05) is 24.3 Å². The van der Waals surface area contributed by atoms with E-state index < -0.39 is 11.7 Å². The molecule has 0 amide bonds. The molecule has 0 aliphatic rings. The molecule has 2 N–H and O–H groups in total. The lowest BCUT2D eigenvalue weighted by atomic mass is 10.1. The molecule has 0 aromatic heterocycles. The fourth-order valence-corrected chi connectivity index (χ4v) is 1.77. The van der Waals surface area contributed by atoms with E-state index in [0.717, 1.165) is 29.2 Å². The minimum atomic E-state index is -4.26. The van der Waals surface area contributed by atoms with Gasteiger partial charge in [0, 0.05) is 18.1 Å². The van der Waals surface area contributed by atoms with Gasteiger partial charge in [0.15, 0.2) is 0 Å². The zero-order chi connectivity index (χ0) is 12.7. The number of nitrogens with two attached hydrogens (primary N) is 1. The maximum Gasteiger partial charge on any atom is 0.416 e. The molecule has 0 aliphatic heterocycles. The Kier molecular flexibility index (Phi) is 5.58. The molecule has 0 heterocycles. The summed E-state index contributed by atoms with van der Waals surface area (Å²) in [5.74, 6) is 1.70. The number of rotatable bonds is 5. The van der Waals surface area contributed by atoms with E-state index in [1.54, 1.807) is 11.8 Å². The second-order valence-electron chi connectivity index (χ2n) is 3.39. The fourth-order valence-electron chi connectivity index (χ4n) is 1.20. The van der Waals surface area contributed by atoms with Gasteiger partial charge in [-0.15, -0.1) is 0 Å². The Labute approximate surface area is 103 Å². The van der Waals surface area contributed by atoms with Crippen molar-refractivity contribution in [3.63, 3.8) is 0 Å². The summed E-state index contributed by atoms with van der Waals surface area (Å²) in [6, 6.07) is 5.11. The summed E-state index contributed by atoms with van der Waals surface area (Å²) in [6.45, 7) is 0.638. The molecule has 0 unspecified atom stereocenters. The maximum atomic E-state index is 12.3. The Bertz CT molecular complexity index is 357. The summed E-state index contributed by atoms with van der Waals surface area (Å²) in [4.78, 5) is 0. The first-order valence-corrected chi connectivity index (χ1v) is 6.31. The highest BCUT2D eigenvalue weighted by molar-refractivity contribution is 7.99. The van der Waals surface area contributed by atoms with Crippen LogP contribution in [0.4, 0.5) is 13.2 Å². The van der Waals surface area contributed by atoms with Crippen LogP contribution < -0.4 is 5.73 Å². The summed E-state index contributed by atoms with van der Waals surface area (Å²) < 4.78 is 36.8. The van der Waals surface area contributed by atoms with E-state index in [1.807, 2.05) is 12.2 Å². The normalized spacial score (nSPS) is 12.2. The monoisotopic (exact) mass is 261 g/mol. The van der Waals surface area contributed by atoms with E-state index in [2.05, 4.69) is 0 Å². The summed E-state index contributed by atoms with van der Waals surface area (Å²) in [5, 5.41) is 0. The van der Waals surface area contributed by atoms with Gasteiger partial charge in [0.25, 0.3) is 0 Å². The van der Waals surface area contributed by atoms with Gasteiger partial charge in [0.1, 0.15) is 0 Å². The topological polar surface area (TPSA) is 26.0 Å². The molecule has 0 bridgehead atoms. The van der Waals surface area contributed by atoms with Crippen LogP contribution in [0.25, 0.3) is 6.08 Å². The van der Waals surface area contributed by atoms with Crippen molar-refractivity contribution in [1.82, 2.24) is 0 Å². The van der Waals surface area contributed by atoms with Crippen molar-refractivity contribution in [2.45, 2.75) is 6.18 Å². The molecule has 1 aromatic rings. The first-order valence-electron chi connectivity index (χ1n) is 5.15. The second kappa shape index (κ2) is 6.71. The number of thioether (sulfide) groups is 1. The van der Waals surface area contributed by atoms with Gasteiger partial charge in [-0.2, -0.15) is 24.9 Å². The predicted octanol–water partition coefficient (Wildman–Crippen LogP) is 3.41. The lowest BCUT2D eigenvalue weighted by Gasteiger charge is -2.05. The molecule has 0 saturated heterocycles. The quantitative estimate of drug-likeness (QED) is 0.822. The number of benzene rings is 1. The van der Waals surface area contributed by atoms with E-state index in [9.17, 15) is 13.2 Å². The average Bonchev–Trinajstić information content (AvgIpc) is 2.28. The Morgan fingerprint density at radius 3 is 2.35 bits per heavy atom. The number of halogens is 3. The van der Waals surface area contributed by atoms with E-state index in [1.165, 1.54) is 12.1 Å². The number of hydrogen-bond donors (Lipinski definition) is 1. The molecule has 0 saturated carbocycles. The highest BCUT2D eigenvalue weighted by atomic mass is 32.2. The molecule has 17 heavy (non-hydrogen) atoms. The van der Waals surface area contributed by atoms with Crippen molar-refractivity contribution in [3.8, 4) is 0 Å². The summed E-state index contributed by atoms with van der Waals surface area (Å²) >= 11 is 1.69. The van der Waals surface area contributed by atoms with Crippen LogP contribution in [0.5, 0.6) is 0 Å². The zero-order valence-corrected chi connectivity index (χ0v) is 10.0. The smallest absolute Gasteiger partial charge is 0.330 e. The predicted molar refractivity (Wildman–Crippen MR) is 66.9 cm³/mol. The Morgan fingerprint density at radius 1 is 1.18 bits per heavy atom. The van der Waals surface area contributed by atoms with Gasteiger partial charge < -0.3 is 5.73 Å². The maximum absolute atomic E-state index is 12.3. The molecule has 94 valence electrons. The van der Waals surface area contributed by atoms with Crippen molar-refractivity contribution in [1.29, 1.82) is 0 Å². The van der Waals surface area contributed by atoms with Gasteiger partial charge >= 0.3 is 6.18 Å². The van der Waals surface area contributed by atoms with Crippen molar-refractivity contribution in [2.24, 2.45) is 5.73 Å². The first kappa shape index (κ1) is 14.1. The lowest BCUT2D eigenvalue weighted by molar-refractivity contribution is -0.137. The number of alkyl halides is 3. The minimum Gasteiger partial charge on any atom is -0.330 e. The molecule has 0 fully saturated rings. The zero-order valence-electron chi connectivity index (χ0n) is 9.20. The Hall–Kier alpha value is -0.940. The lowest BCUT2D eigenvalue weighted by Crippen LogP contribution is -2.03. The van der Waals surface area contributed by atoms with Crippen molar-refractivity contribution >= 4 is 17.8 Å². The van der Waals surface area contributed by atoms with Gasteiger partial charge in [0.05, 0.1) is 5.56 Å². The van der Waals surface area contributed by atoms with Crippen molar-refractivity contribution in [3.05, 3.63) is 41.5 Å². The summed E-state index contributed by atoms with van der Waals surface area (Å²) in [6.07, 6.45) is -0.536. The van der Waals surface area contributed by atoms with Crippen LogP contribution in [0.3, 0.4) is 0 Å². The Balaban J connectivity index is 2.51. The Morgan fingerprint density at radius 2 is 1.82 bits per heavy atom. The second-order valence-corrected chi connectivity index (χ2v) is 4.54. The van der Waals surface area contributed by atoms with Crippen LogP contribution in [-0.2, 0) is 6.18 Å². The summed E-state index contributed by atoms with van der Waals surface area (Å²) in [5.41, 5.74) is 5.48. The molecule has 1 nitrogen and oxygen atoms in total. The van der Waals surface area contributed by atoms with E-state index >= 15 is 0 Å². The van der Waals surface area contributed by atoms with E-state index in [-0.39, 0.29) is 0 Å². The molecule has 5 heteroatoms. The van der Waals surface area contributed by atoms with Gasteiger partial charge in [-0.05, 0) is 17.7 Å². The van der Waals surface area contributed by atoms with E-state index in [0.29, 0.717) is 6.54 Å².